The Morgan fingerprint density at radius 3 is 2.67 bits per heavy atom. The minimum absolute atomic E-state index is 0.352. The van der Waals surface area contributed by atoms with Crippen LogP contribution in [0.5, 0.6) is 5.75 Å². The van der Waals surface area contributed by atoms with E-state index in [2.05, 4.69) is 17.0 Å². The highest BCUT2D eigenvalue weighted by atomic mass is 16.5. The Morgan fingerprint density at radius 1 is 1.14 bits per heavy atom. The van der Waals surface area contributed by atoms with Crippen LogP contribution in [0.2, 0.25) is 0 Å². The van der Waals surface area contributed by atoms with Gasteiger partial charge >= 0.3 is 0 Å². The molecule has 2 N–H and O–H groups in total. The first kappa shape index (κ1) is 16.1. The average molecular weight is 294 g/mol. The number of methoxy groups -OCH3 is 1. The predicted molar refractivity (Wildman–Crippen MR) is 84.1 cm³/mol. The van der Waals surface area contributed by atoms with Crippen molar-refractivity contribution in [1.29, 1.82) is 0 Å². The fourth-order valence-corrected chi connectivity index (χ4v) is 2.39. The SMILES string of the molecule is COCCOCCOc1cccc(N2CCC(N)CC2)c1. The number of anilines is 1. The lowest BCUT2D eigenvalue weighted by molar-refractivity contribution is 0.0544. The van der Waals surface area contributed by atoms with E-state index in [-0.39, 0.29) is 0 Å². The minimum atomic E-state index is 0.352. The quantitative estimate of drug-likeness (QED) is 0.739. The molecule has 0 unspecified atom stereocenters. The summed E-state index contributed by atoms with van der Waals surface area (Å²) in [7, 11) is 1.67. The van der Waals surface area contributed by atoms with Gasteiger partial charge in [0.05, 0.1) is 19.8 Å². The second-order valence-corrected chi connectivity index (χ2v) is 5.28. The van der Waals surface area contributed by atoms with Crippen LogP contribution in [0.15, 0.2) is 24.3 Å². The van der Waals surface area contributed by atoms with Crippen LogP contribution in [0.25, 0.3) is 0 Å². The summed E-state index contributed by atoms with van der Waals surface area (Å²) in [6.07, 6.45) is 2.11. The molecule has 0 aliphatic carbocycles. The van der Waals surface area contributed by atoms with Crippen molar-refractivity contribution < 1.29 is 14.2 Å². The molecular weight excluding hydrogens is 268 g/mol. The Kier molecular flexibility index (Phi) is 6.79. The maximum atomic E-state index is 5.95. The Morgan fingerprint density at radius 2 is 1.90 bits per heavy atom. The average Bonchev–Trinajstić information content (AvgIpc) is 2.52. The zero-order valence-corrected chi connectivity index (χ0v) is 12.8. The Bertz CT molecular complexity index is 406. The molecule has 5 nitrogen and oxygen atoms in total. The van der Waals surface area contributed by atoms with E-state index in [0.717, 1.165) is 31.7 Å². The second kappa shape index (κ2) is 8.87. The molecule has 0 bridgehead atoms. The molecule has 1 aliphatic rings. The van der Waals surface area contributed by atoms with Crippen LogP contribution in [0.1, 0.15) is 12.8 Å². The maximum absolute atomic E-state index is 5.95. The largest absolute Gasteiger partial charge is 0.491 e. The Labute approximate surface area is 127 Å². The standard InChI is InChI=1S/C16H26N2O3/c1-19-9-10-20-11-12-21-16-4-2-3-15(13-16)18-7-5-14(17)6-8-18/h2-4,13-14H,5-12,17H2,1H3. The number of hydrogen-bond donors (Lipinski definition) is 1. The number of rotatable bonds is 8. The van der Waals surface area contributed by atoms with Gasteiger partial charge in [-0.15, -0.1) is 0 Å². The van der Waals surface area contributed by atoms with E-state index < -0.39 is 0 Å². The van der Waals surface area contributed by atoms with Crippen LogP contribution < -0.4 is 15.4 Å². The van der Waals surface area contributed by atoms with Gasteiger partial charge in [0.1, 0.15) is 12.4 Å². The molecule has 1 saturated heterocycles. The maximum Gasteiger partial charge on any atom is 0.121 e. The van der Waals surface area contributed by atoms with Crippen molar-refractivity contribution in [3.05, 3.63) is 24.3 Å². The number of hydrogen-bond acceptors (Lipinski definition) is 5. The lowest BCUT2D eigenvalue weighted by Crippen LogP contribution is -2.39. The van der Waals surface area contributed by atoms with Crippen LogP contribution in [-0.2, 0) is 9.47 Å². The van der Waals surface area contributed by atoms with Crippen molar-refractivity contribution in [3.8, 4) is 5.75 Å². The van der Waals surface area contributed by atoms with Crippen LogP contribution in [-0.4, -0.2) is 52.7 Å². The van der Waals surface area contributed by atoms with Gasteiger partial charge in [0, 0.05) is 38.0 Å². The van der Waals surface area contributed by atoms with Gasteiger partial charge in [0.15, 0.2) is 0 Å². The van der Waals surface area contributed by atoms with Gasteiger partial charge in [0.25, 0.3) is 0 Å². The molecule has 1 aromatic rings. The van der Waals surface area contributed by atoms with E-state index in [1.54, 1.807) is 7.11 Å². The van der Waals surface area contributed by atoms with Crippen molar-refractivity contribution in [2.75, 3.05) is 51.5 Å². The van der Waals surface area contributed by atoms with Crippen molar-refractivity contribution in [2.45, 2.75) is 18.9 Å². The third kappa shape index (κ3) is 5.53. The van der Waals surface area contributed by atoms with Gasteiger partial charge in [0.2, 0.25) is 0 Å². The number of ether oxygens (including phenoxy) is 3. The molecule has 21 heavy (non-hydrogen) atoms. The van der Waals surface area contributed by atoms with Gasteiger partial charge in [-0.2, -0.15) is 0 Å². The van der Waals surface area contributed by atoms with Crippen molar-refractivity contribution in [3.63, 3.8) is 0 Å². The summed E-state index contributed by atoms with van der Waals surface area (Å²) in [5, 5.41) is 0. The van der Waals surface area contributed by atoms with Crippen molar-refractivity contribution in [2.24, 2.45) is 5.73 Å². The lowest BCUT2D eigenvalue weighted by atomic mass is 10.1. The summed E-state index contributed by atoms with van der Waals surface area (Å²) in [5.74, 6) is 0.887. The molecule has 1 fully saturated rings. The molecule has 0 aromatic heterocycles. The van der Waals surface area contributed by atoms with Crippen molar-refractivity contribution in [1.82, 2.24) is 0 Å². The van der Waals surface area contributed by atoms with Crippen LogP contribution >= 0.6 is 0 Å². The number of nitrogens with zero attached hydrogens (tertiary/aromatic N) is 1. The second-order valence-electron chi connectivity index (χ2n) is 5.28. The molecule has 0 atom stereocenters. The molecule has 1 aliphatic heterocycles. The zero-order valence-electron chi connectivity index (χ0n) is 12.8. The molecule has 5 heteroatoms. The normalized spacial score (nSPS) is 16.2. The summed E-state index contributed by atoms with van der Waals surface area (Å²) < 4.78 is 16.0. The molecule has 118 valence electrons. The van der Waals surface area contributed by atoms with E-state index >= 15 is 0 Å². The monoisotopic (exact) mass is 294 g/mol. The minimum Gasteiger partial charge on any atom is -0.491 e. The molecule has 1 aromatic carbocycles. The van der Waals surface area contributed by atoms with E-state index in [1.807, 2.05) is 12.1 Å². The third-order valence-electron chi connectivity index (χ3n) is 3.65. The van der Waals surface area contributed by atoms with Crippen molar-refractivity contribution >= 4 is 5.69 Å². The van der Waals surface area contributed by atoms with E-state index in [4.69, 9.17) is 19.9 Å². The fraction of sp³-hybridized carbons (Fsp3) is 0.625. The number of benzene rings is 1. The molecular formula is C16H26N2O3. The fourth-order valence-electron chi connectivity index (χ4n) is 2.39. The molecule has 2 rings (SSSR count). The predicted octanol–water partition coefficient (Wildman–Crippen LogP) is 1.66. The number of piperidine rings is 1. The summed E-state index contributed by atoms with van der Waals surface area (Å²) in [6, 6.07) is 8.58. The van der Waals surface area contributed by atoms with Crippen LogP contribution in [0, 0.1) is 0 Å². The lowest BCUT2D eigenvalue weighted by Gasteiger charge is -2.32. The zero-order chi connectivity index (χ0) is 14.9. The Hall–Kier alpha value is -1.30. The summed E-state index contributed by atoms with van der Waals surface area (Å²) in [4.78, 5) is 2.37. The van der Waals surface area contributed by atoms with Gasteiger partial charge in [-0.25, -0.2) is 0 Å². The summed E-state index contributed by atoms with van der Waals surface area (Å²) in [5.41, 5.74) is 7.15. The number of nitrogens with two attached hydrogens (primary N) is 1. The van der Waals surface area contributed by atoms with Gasteiger partial charge in [-0.3, -0.25) is 0 Å². The smallest absolute Gasteiger partial charge is 0.121 e. The highest BCUT2D eigenvalue weighted by molar-refractivity contribution is 5.51. The van der Waals surface area contributed by atoms with Crippen LogP contribution in [0.4, 0.5) is 5.69 Å². The van der Waals surface area contributed by atoms with Gasteiger partial charge in [-0.05, 0) is 25.0 Å². The van der Waals surface area contributed by atoms with Gasteiger partial charge < -0.3 is 24.8 Å². The topological polar surface area (TPSA) is 57.0 Å². The first-order valence-corrected chi connectivity index (χ1v) is 7.59. The highest BCUT2D eigenvalue weighted by Gasteiger charge is 2.16. The molecule has 0 amide bonds. The molecule has 0 spiro atoms. The third-order valence-corrected chi connectivity index (χ3v) is 3.65. The molecule has 1 heterocycles. The highest BCUT2D eigenvalue weighted by Crippen LogP contribution is 2.23. The van der Waals surface area contributed by atoms with E-state index in [0.29, 0.717) is 32.5 Å². The molecule has 0 radical (unpaired) electrons. The first-order chi connectivity index (χ1) is 10.3. The van der Waals surface area contributed by atoms with E-state index in [1.165, 1.54) is 5.69 Å². The van der Waals surface area contributed by atoms with Crippen LogP contribution in [0.3, 0.4) is 0 Å². The first-order valence-electron chi connectivity index (χ1n) is 7.59. The summed E-state index contributed by atoms with van der Waals surface area (Å²) >= 11 is 0. The Balaban J connectivity index is 1.75. The van der Waals surface area contributed by atoms with Gasteiger partial charge in [-0.1, -0.05) is 6.07 Å². The summed E-state index contributed by atoms with van der Waals surface area (Å²) in [6.45, 7) is 4.39. The van der Waals surface area contributed by atoms with E-state index in [9.17, 15) is 0 Å². The molecule has 0 saturated carbocycles.